The number of benzene rings is 3. The van der Waals surface area contributed by atoms with Gasteiger partial charge in [-0.25, -0.2) is 8.42 Å². The summed E-state index contributed by atoms with van der Waals surface area (Å²) in [4.78, 5) is 13.1. The van der Waals surface area contributed by atoms with Crippen LogP contribution < -0.4 is 10.1 Å². The van der Waals surface area contributed by atoms with Crippen molar-refractivity contribution in [3.8, 4) is 5.75 Å². The lowest BCUT2D eigenvalue weighted by Gasteiger charge is -2.26. The molecular formula is C25H28N2O4S. The van der Waals surface area contributed by atoms with Gasteiger partial charge in [0.15, 0.2) is 6.10 Å². The van der Waals surface area contributed by atoms with E-state index in [1.807, 2.05) is 49.4 Å². The van der Waals surface area contributed by atoms with Gasteiger partial charge in [-0.2, -0.15) is 4.31 Å². The molecule has 0 aromatic heterocycles. The summed E-state index contributed by atoms with van der Waals surface area (Å²) in [5, 5.41) is 4.85. The van der Waals surface area contributed by atoms with E-state index in [2.05, 4.69) is 5.32 Å². The first-order chi connectivity index (χ1) is 15.5. The second kappa shape index (κ2) is 9.71. The number of nitrogens with zero attached hydrogens (tertiary/aromatic N) is 1. The average Bonchev–Trinajstić information content (AvgIpc) is 2.83. The van der Waals surface area contributed by atoms with E-state index in [4.69, 9.17) is 4.74 Å². The number of nitrogens with one attached hydrogen (secondary N) is 1. The van der Waals surface area contributed by atoms with Crippen LogP contribution in [-0.4, -0.2) is 37.8 Å². The predicted octanol–water partition coefficient (Wildman–Crippen LogP) is 4.81. The largest absolute Gasteiger partial charge is 0.480 e. The summed E-state index contributed by atoms with van der Waals surface area (Å²) in [6.07, 6.45) is 2.68. The molecule has 3 aromatic carbocycles. The molecule has 0 bridgehead atoms. The molecule has 32 heavy (non-hydrogen) atoms. The Morgan fingerprint density at radius 1 is 0.969 bits per heavy atom. The molecule has 1 saturated heterocycles. The van der Waals surface area contributed by atoms with Crippen LogP contribution >= 0.6 is 0 Å². The van der Waals surface area contributed by atoms with Crippen LogP contribution in [-0.2, 0) is 14.8 Å². The molecule has 168 valence electrons. The number of ether oxygens (including phenoxy) is 1. The summed E-state index contributed by atoms with van der Waals surface area (Å²) < 4.78 is 33.2. The zero-order chi connectivity index (χ0) is 22.6. The maximum Gasteiger partial charge on any atom is 0.265 e. The Balaban J connectivity index is 1.45. The van der Waals surface area contributed by atoms with Crippen LogP contribution in [0.3, 0.4) is 0 Å². The van der Waals surface area contributed by atoms with Crippen LogP contribution in [0.25, 0.3) is 10.8 Å². The highest BCUT2D eigenvalue weighted by Gasteiger charge is 2.26. The van der Waals surface area contributed by atoms with E-state index in [1.54, 1.807) is 24.3 Å². The maximum absolute atomic E-state index is 12.9. The average molecular weight is 453 g/mol. The number of rotatable bonds is 7. The number of piperidine rings is 1. The number of amides is 1. The molecular weight excluding hydrogens is 424 g/mol. The Labute approximate surface area is 189 Å². The van der Waals surface area contributed by atoms with Crippen LogP contribution in [0.2, 0.25) is 0 Å². The lowest BCUT2D eigenvalue weighted by molar-refractivity contribution is -0.122. The minimum absolute atomic E-state index is 0.247. The van der Waals surface area contributed by atoms with Crippen molar-refractivity contribution < 1.29 is 17.9 Å². The van der Waals surface area contributed by atoms with Crippen LogP contribution in [0.1, 0.15) is 32.6 Å². The van der Waals surface area contributed by atoms with Gasteiger partial charge in [-0.1, -0.05) is 49.7 Å². The van der Waals surface area contributed by atoms with Crippen molar-refractivity contribution in [2.75, 3.05) is 18.4 Å². The molecule has 1 aliphatic heterocycles. The second-order valence-corrected chi connectivity index (χ2v) is 9.91. The third-order valence-electron chi connectivity index (χ3n) is 5.76. The summed E-state index contributed by atoms with van der Waals surface area (Å²) in [6.45, 7) is 3.01. The number of fused-ring (bicyclic) bond motifs is 1. The molecule has 1 heterocycles. The van der Waals surface area contributed by atoms with Gasteiger partial charge in [-0.05, 0) is 55.0 Å². The van der Waals surface area contributed by atoms with Crippen molar-refractivity contribution in [2.24, 2.45) is 0 Å². The fraction of sp³-hybridized carbons (Fsp3) is 0.320. The van der Waals surface area contributed by atoms with Gasteiger partial charge in [-0.15, -0.1) is 0 Å². The number of anilines is 1. The van der Waals surface area contributed by atoms with E-state index in [9.17, 15) is 13.2 Å². The lowest BCUT2D eigenvalue weighted by Crippen LogP contribution is -2.35. The fourth-order valence-corrected chi connectivity index (χ4v) is 5.48. The highest BCUT2D eigenvalue weighted by molar-refractivity contribution is 7.89. The normalized spacial score (nSPS) is 15.9. The van der Waals surface area contributed by atoms with Crippen molar-refractivity contribution in [1.82, 2.24) is 4.31 Å². The Morgan fingerprint density at radius 3 is 2.38 bits per heavy atom. The summed E-state index contributed by atoms with van der Waals surface area (Å²) in [5.41, 5.74) is 0.535. The summed E-state index contributed by atoms with van der Waals surface area (Å²) in [5.74, 6) is 0.389. The van der Waals surface area contributed by atoms with Crippen LogP contribution in [0.15, 0.2) is 71.6 Å². The smallest absolute Gasteiger partial charge is 0.265 e. The molecule has 4 rings (SSSR count). The third kappa shape index (κ3) is 4.79. The molecule has 1 unspecified atom stereocenters. The fourth-order valence-electron chi connectivity index (χ4n) is 3.96. The molecule has 1 fully saturated rings. The van der Waals surface area contributed by atoms with Gasteiger partial charge in [0.25, 0.3) is 5.91 Å². The first kappa shape index (κ1) is 22.3. The Bertz CT molecular complexity index is 1180. The first-order valence-electron chi connectivity index (χ1n) is 11.0. The number of hydrogen-bond acceptors (Lipinski definition) is 4. The van der Waals surface area contributed by atoms with Gasteiger partial charge in [0.2, 0.25) is 10.0 Å². The molecule has 6 nitrogen and oxygen atoms in total. The van der Waals surface area contributed by atoms with E-state index in [-0.39, 0.29) is 10.8 Å². The van der Waals surface area contributed by atoms with Crippen molar-refractivity contribution >= 4 is 32.4 Å². The van der Waals surface area contributed by atoms with E-state index in [1.165, 1.54) is 4.31 Å². The number of hydrogen-bond donors (Lipinski definition) is 1. The van der Waals surface area contributed by atoms with Gasteiger partial charge in [0.05, 0.1) is 4.90 Å². The Morgan fingerprint density at radius 2 is 1.66 bits per heavy atom. The maximum atomic E-state index is 12.9. The molecule has 1 amide bonds. The third-order valence-corrected chi connectivity index (χ3v) is 7.67. The van der Waals surface area contributed by atoms with Crippen molar-refractivity contribution in [1.29, 1.82) is 0 Å². The van der Waals surface area contributed by atoms with Gasteiger partial charge in [0, 0.05) is 24.2 Å². The molecule has 0 spiro atoms. The van der Waals surface area contributed by atoms with Gasteiger partial charge in [0.1, 0.15) is 5.75 Å². The summed E-state index contributed by atoms with van der Waals surface area (Å²) in [7, 11) is -3.49. The SMILES string of the molecule is CCC(Oc1cccc2ccccc12)C(=O)Nc1ccc(S(=O)(=O)N2CCCCC2)cc1. The van der Waals surface area contributed by atoms with Crippen molar-refractivity contribution in [3.63, 3.8) is 0 Å². The van der Waals surface area contributed by atoms with E-state index in [0.717, 1.165) is 30.0 Å². The lowest BCUT2D eigenvalue weighted by atomic mass is 10.1. The number of sulfonamides is 1. The quantitative estimate of drug-likeness (QED) is 0.558. The first-order valence-corrected chi connectivity index (χ1v) is 12.5. The molecule has 3 aromatic rings. The van der Waals surface area contributed by atoms with Crippen LogP contribution in [0.4, 0.5) is 5.69 Å². The Kier molecular flexibility index (Phi) is 6.77. The predicted molar refractivity (Wildman–Crippen MR) is 126 cm³/mol. The topological polar surface area (TPSA) is 75.7 Å². The summed E-state index contributed by atoms with van der Waals surface area (Å²) >= 11 is 0. The monoisotopic (exact) mass is 452 g/mol. The van der Waals surface area contributed by atoms with Crippen molar-refractivity contribution in [3.05, 3.63) is 66.7 Å². The molecule has 0 aliphatic carbocycles. The number of carbonyl (C=O) groups excluding carboxylic acids is 1. The minimum Gasteiger partial charge on any atom is -0.480 e. The summed E-state index contributed by atoms with van der Waals surface area (Å²) in [6, 6.07) is 20.0. The van der Waals surface area contributed by atoms with E-state index in [0.29, 0.717) is 30.9 Å². The van der Waals surface area contributed by atoms with E-state index < -0.39 is 16.1 Å². The molecule has 1 aliphatic rings. The molecule has 7 heteroatoms. The van der Waals surface area contributed by atoms with Gasteiger partial charge in [-0.3, -0.25) is 4.79 Å². The van der Waals surface area contributed by atoms with Crippen molar-refractivity contribution in [2.45, 2.75) is 43.6 Å². The standard InChI is InChI=1S/C25H28N2O4S/c1-2-23(31-24-12-8-10-19-9-4-5-11-22(19)24)25(28)26-20-13-15-21(16-14-20)32(29,30)27-17-6-3-7-18-27/h4-5,8-16,23H,2-3,6-7,17-18H2,1H3,(H,26,28). The molecule has 0 radical (unpaired) electrons. The van der Waals surface area contributed by atoms with Crippen LogP contribution in [0.5, 0.6) is 5.75 Å². The van der Waals surface area contributed by atoms with Gasteiger partial charge < -0.3 is 10.1 Å². The molecule has 1 N–H and O–H groups in total. The van der Waals surface area contributed by atoms with E-state index >= 15 is 0 Å². The highest BCUT2D eigenvalue weighted by atomic mass is 32.2. The second-order valence-electron chi connectivity index (χ2n) is 7.97. The zero-order valence-corrected chi connectivity index (χ0v) is 19.0. The van der Waals surface area contributed by atoms with Crippen LogP contribution in [0, 0.1) is 0 Å². The minimum atomic E-state index is -3.49. The number of carbonyl (C=O) groups is 1. The molecule has 1 atom stereocenters. The zero-order valence-electron chi connectivity index (χ0n) is 18.2. The highest BCUT2D eigenvalue weighted by Crippen LogP contribution is 2.27. The van der Waals surface area contributed by atoms with Gasteiger partial charge >= 0.3 is 0 Å². The molecule has 0 saturated carbocycles. The Hall–Kier alpha value is -2.90.